The zero-order valence-electron chi connectivity index (χ0n) is 13.3. The Morgan fingerprint density at radius 3 is 2.23 bits per heavy atom. The quantitative estimate of drug-likeness (QED) is 0.737. The molecule has 1 atom stereocenters. The number of nitrogens with zero attached hydrogens (tertiary/aromatic N) is 1. The lowest BCUT2D eigenvalue weighted by atomic mass is 9.98. The fourth-order valence-corrected chi connectivity index (χ4v) is 2.95. The lowest BCUT2D eigenvalue weighted by Crippen LogP contribution is -2.30. The number of rotatable bonds is 4. The van der Waals surface area contributed by atoms with E-state index in [9.17, 15) is 22.8 Å². The molecule has 1 aliphatic rings. The van der Waals surface area contributed by atoms with Crippen LogP contribution in [0.2, 0.25) is 5.02 Å². The van der Waals surface area contributed by atoms with Crippen molar-refractivity contribution in [2.24, 2.45) is 5.92 Å². The maximum atomic E-state index is 12.6. The molecule has 3 rings (SSSR count). The first-order valence-electron chi connectivity index (χ1n) is 7.70. The number of halogens is 4. The lowest BCUT2D eigenvalue weighted by molar-refractivity contribution is -0.274. The molecule has 0 saturated carbocycles. The van der Waals surface area contributed by atoms with E-state index in [0.717, 1.165) is 22.6 Å². The van der Waals surface area contributed by atoms with Crippen molar-refractivity contribution in [3.63, 3.8) is 0 Å². The summed E-state index contributed by atoms with van der Waals surface area (Å²) < 4.78 is 40.4. The Bertz CT molecular complexity index is 819. The van der Waals surface area contributed by atoms with Gasteiger partial charge in [0, 0.05) is 11.4 Å². The molecule has 4 nitrogen and oxygen atoms in total. The van der Waals surface area contributed by atoms with Crippen LogP contribution < -0.4 is 9.64 Å². The molecule has 0 N–H and O–H groups in total. The molecule has 2 aromatic carbocycles. The SMILES string of the molecule is O=C1C[C@@H](Cc2ccc(Cl)cc2)C(=O)N1c1ccc(OC(F)(F)F)cc1. The van der Waals surface area contributed by atoms with Crippen molar-refractivity contribution < 1.29 is 27.5 Å². The average molecular weight is 384 g/mol. The van der Waals surface area contributed by atoms with Gasteiger partial charge in [0.15, 0.2) is 0 Å². The number of hydrogen-bond donors (Lipinski definition) is 0. The largest absolute Gasteiger partial charge is 0.573 e. The first-order chi connectivity index (χ1) is 12.2. The fourth-order valence-electron chi connectivity index (χ4n) is 2.83. The van der Waals surface area contributed by atoms with Crippen LogP contribution >= 0.6 is 11.6 Å². The second-order valence-corrected chi connectivity index (χ2v) is 6.28. The van der Waals surface area contributed by atoms with E-state index in [0.29, 0.717) is 11.4 Å². The van der Waals surface area contributed by atoms with Crippen LogP contribution in [0.25, 0.3) is 0 Å². The number of ether oxygens (including phenoxy) is 1. The molecule has 0 radical (unpaired) electrons. The first-order valence-corrected chi connectivity index (χ1v) is 8.08. The van der Waals surface area contributed by atoms with Gasteiger partial charge in [-0.15, -0.1) is 13.2 Å². The van der Waals surface area contributed by atoms with Crippen molar-refractivity contribution in [3.05, 3.63) is 59.1 Å². The number of amides is 2. The van der Waals surface area contributed by atoms with Gasteiger partial charge in [0.25, 0.3) is 0 Å². The average Bonchev–Trinajstić information content (AvgIpc) is 2.83. The lowest BCUT2D eigenvalue weighted by Gasteiger charge is -2.16. The maximum Gasteiger partial charge on any atom is 0.573 e. The topological polar surface area (TPSA) is 46.6 Å². The smallest absolute Gasteiger partial charge is 0.406 e. The van der Waals surface area contributed by atoms with Gasteiger partial charge in [-0.25, -0.2) is 0 Å². The fraction of sp³-hybridized carbons (Fsp3) is 0.222. The molecule has 0 bridgehead atoms. The highest BCUT2D eigenvalue weighted by atomic mass is 35.5. The third-order valence-electron chi connectivity index (χ3n) is 3.96. The van der Waals surface area contributed by atoms with Gasteiger partial charge in [0.1, 0.15) is 5.75 Å². The monoisotopic (exact) mass is 383 g/mol. The summed E-state index contributed by atoms with van der Waals surface area (Å²) in [6.07, 6.45) is -4.37. The van der Waals surface area contributed by atoms with Crippen LogP contribution in [0.4, 0.5) is 18.9 Å². The highest BCUT2D eigenvalue weighted by Gasteiger charge is 2.39. The minimum Gasteiger partial charge on any atom is -0.406 e. The van der Waals surface area contributed by atoms with Gasteiger partial charge in [-0.3, -0.25) is 14.5 Å². The first kappa shape index (κ1) is 18.3. The number of hydrogen-bond acceptors (Lipinski definition) is 3. The number of benzene rings is 2. The Kier molecular flexibility index (Phi) is 4.91. The molecule has 2 amide bonds. The van der Waals surface area contributed by atoms with Gasteiger partial charge in [-0.05, 0) is 48.4 Å². The van der Waals surface area contributed by atoms with E-state index in [-0.39, 0.29) is 18.0 Å². The number of anilines is 1. The molecular formula is C18H13ClF3NO3. The highest BCUT2D eigenvalue weighted by Crippen LogP contribution is 2.31. The third kappa shape index (κ3) is 4.16. The minimum atomic E-state index is -4.80. The van der Waals surface area contributed by atoms with Crippen molar-refractivity contribution in [1.82, 2.24) is 0 Å². The number of imide groups is 1. The van der Waals surface area contributed by atoms with Gasteiger partial charge in [0.05, 0.1) is 11.6 Å². The molecule has 1 heterocycles. The van der Waals surface area contributed by atoms with Crippen LogP contribution in [0.3, 0.4) is 0 Å². The van der Waals surface area contributed by atoms with E-state index in [1.807, 2.05) is 0 Å². The Labute approximate surface area is 152 Å². The molecule has 0 unspecified atom stereocenters. The standard InChI is InChI=1S/C18H13ClF3NO3/c19-13-3-1-11(2-4-13)9-12-10-16(24)23(17(12)25)14-5-7-15(8-6-14)26-18(20,21)22/h1-8,12H,9-10H2/t12-/m1/s1. The summed E-state index contributed by atoms with van der Waals surface area (Å²) in [6, 6.07) is 11.6. The molecule has 0 aliphatic carbocycles. The van der Waals surface area contributed by atoms with E-state index < -0.39 is 23.9 Å². The summed E-state index contributed by atoms with van der Waals surface area (Å²) in [5, 5.41) is 0.574. The van der Waals surface area contributed by atoms with Crippen molar-refractivity contribution in [3.8, 4) is 5.75 Å². The Morgan fingerprint density at radius 1 is 1.04 bits per heavy atom. The summed E-state index contributed by atoms with van der Waals surface area (Å²) >= 11 is 5.83. The van der Waals surface area contributed by atoms with Gasteiger partial charge >= 0.3 is 6.36 Å². The Balaban J connectivity index is 1.73. The molecule has 0 spiro atoms. The summed E-state index contributed by atoms with van der Waals surface area (Å²) in [6.45, 7) is 0. The van der Waals surface area contributed by atoms with E-state index in [1.54, 1.807) is 24.3 Å². The van der Waals surface area contributed by atoms with E-state index in [2.05, 4.69) is 4.74 Å². The molecule has 1 saturated heterocycles. The summed E-state index contributed by atoms with van der Waals surface area (Å²) in [4.78, 5) is 25.8. The molecule has 2 aromatic rings. The molecule has 8 heteroatoms. The maximum absolute atomic E-state index is 12.6. The molecule has 26 heavy (non-hydrogen) atoms. The molecule has 0 aromatic heterocycles. The van der Waals surface area contributed by atoms with Gasteiger partial charge in [0.2, 0.25) is 11.8 Å². The molecular weight excluding hydrogens is 371 g/mol. The molecule has 136 valence electrons. The van der Waals surface area contributed by atoms with Gasteiger partial charge < -0.3 is 4.74 Å². The van der Waals surface area contributed by atoms with E-state index in [1.165, 1.54) is 12.1 Å². The minimum absolute atomic E-state index is 0.0439. The summed E-state index contributed by atoms with van der Waals surface area (Å²) in [7, 11) is 0. The zero-order chi connectivity index (χ0) is 18.9. The van der Waals surface area contributed by atoms with Crippen LogP contribution in [0.1, 0.15) is 12.0 Å². The van der Waals surface area contributed by atoms with Crippen molar-refractivity contribution in [2.75, 3.05) is 4.90 Å². The van der Waals surface area contributed by atoms with Crippen LogP contribution in [-0.4, -0.2) is 18.2 Å². The Hall–Kier alpha value is -2.54. The number of carbonyl (C=O) groups excluding carboxylic acids is 2. The van der Waals surface area contributed by atoms with Crippen LogP contribution in [-0.2, 0) is 16.0 Å². The van der Waals surface area contributed by atoms with Crippen molar-refractivity contribution >= 4 is 29.1 Å². The van der Waals surface area contributed by atoms with E-state index >= 15 is 0 Å². The predicted octanol–water partition coefficient (Wildman–Crippen LogP) is 4.36. The highest BCUT2D eigenvalue weighted by molar-refractivity contribution is 6.30. The van der Waals surface area contributed by atoms with Crippen LogP contribution in [0, 0.1) is 5.92 Å². The summed E-state index contributed by atoms with van der Waals surface area (Å²) in [5.74, 6) is -1.71. The second-order valence-electron chi connectivity index (χ2n) is 5.84. The normalized spacial score (nSPS) is 17.7. The summed E-state index contributed by atoms with van der Waals surface area (Å²) in [5.41, 5.74) is 1.09. The van der Waals surface area contributed by atoms with Gasteiger partial charge in [-0.1, -0.05) is 23.7 Å². The molecule has 1 aliphatic heterocycles. The molecule has 1 fully saturated rings. The number of alkyl halides is 3. The van der Waals surface area contributed by atoms with E-state index in [4.69, 9.17) is 11.6 Å². The second kappa shape index (κ2) is 6.99. The van der Waals surface area contributed by atoms with Crippen LogP contribution in [0.15, 0.2) is 48.5 Å². The predicted molar refractivity (Wildman–Crippen MR) is 88.9 cm³/mol. The van der Waals surface area contributed by atoms with Crippen LogP contribution in [0.5, 0.6) is 5.75 Å². The number of carbonyl (C=O) groups is 2. The van der Waals surface area contributed by atoms with Gasteiger partial charge in [-0.2, -0.15) is 0 Å². The Morgan fingerprint density at radius 2 is 1.65 bits per heavy atom. The third-order valence-corrected chi connectivity index (χ3v) is 4.22. The van der Waals surface area contributed by atoms with Crippen molar-refractivity contribution in [1.29, 1.82) is 0 Å². The zero-order valence-corrected chi connectivity index (χ0v) is 14.1. The van der Waals surface area contributed by atoms with Crippen molar-refractivity contribution in [2.45, 2.75) is 19.2 Å².